The zero-order valence-electron chi connectivity index (χ0n) is 12.6. The van der Waals surface area contributed by atoms with Crippen LogP contribution in [0.1, 0.15) is 17.8 Å². The average Bonchev–Trinajstić information content (AvgIpc) is 3.09. The smallest absolute Gasteiger partial charge is 0.257 e. The first-order valence-corrected chi connectivity index (χ1v) is 7.50. The van der Waals surface area contributed by atoms with Gasteiger partial charge in [0.05, 0.1) is 6.54 Å². The van der Waals surface area contributed by atoms with E-state index in [1.54, 1.807) is 0 Å². The molecule has 3 aromatic rings. The van der Waals surface area contributed by atoms with Crippen molar-refractivity contribution in [1.82, 2.24) is 15.5 Å². The van der Waals surface area contributed by atoms with Crippen LogP contribution in [0.15, 0.2) is 65.2 Å². The lowest BCUT2D eigenvalue weighted by Gasteiger charge is -2.02. The Kier molecular flexibility index (Phi) is 4.79. The standard InChI is InChI=1S/C18H17N3O2/c22-17(12-11-14-7-3-1-4-8-14)19-13-16-20-18(23-21-16)15-9-5-2-6-10-15/h1-10H,11-13H2,(H,19,22). The Balaban J connectivity index is 1.49. The van der Waals surface area contributed by atoms with Crippen LogP contribution >= 0.6 is 0 Å². The molecule has 5 nitrogen and oxygen atoms in total. The number of benzene rings is 2. The molecule has 3 rings (SSSR count). The van der Waals surface area contributed by atoms with Crippen molar-refractivity contribution in [2.75, 3.05) is 0 Å². The third-order valence-electron chi connectivity index (χ3n) is 3.42. The first kappa shape index (κ1) is 15.0. The van der Waals surface area contributed by atoms with Crippen LogP contribution in [0.3, 0.4) is 0 Å². The van der Waals surface area contributed by atoms with E-state index in [0.29, 0.717) is 24.6 Å². The van der Waals surface area contributed by atoms with Crippen LogP contribution in [-0.2, 0) is 17.8 Å². The zero-order valence-corrected chi connectivity index (χ0v) is 12.6. The number of amides is 1. The van der Waals surface area contributed by atoms with Crippen molar-refractivity contribution in [1.29, 1.82) is 0 Å². The summed E-state index contributed by atoms with van der Waals surface area (Å²) >= 11 is 0. The summed E-state index contributed by atoms with van der Waals surface area (Å²) in [6.45, 7) is 0.268. The molecule has 0 aliphatic heterocycles. The molecule has 0 aliphatic rings. The van der Waals surface area contributed by atoms with Crippen molar-refractivity contribution < 1.29 is 9.32 Å². The fraction of sp³-hybridized carbons (Fsp3) is 0.167. The molecular weight excluding hydrogens is 290 g/mol. The Labute approximate surface area is 134 Å². The maximum Gasteiger partial charge on any atom is 0.257 e. The summed E-state index contributed by atoms with van der Waals surface area (Å²) < 4.78 is 5.20. The summed E-state index contributed by atoms with van der Waals surface area (Å²) in [4.78, 5) is 16.1. The van der Waals surface area contributed by atoms with Crippen LogP contribution in [0.2, 0.25) is 0 Å². The molecule has 0 aliphatic carbocycles. The SMILES string of the molecule is O=C(CCc1ccccc1)NCc1noc(-c2ccccc2)n1. The Morgan fingerprint density at radius 1 is 1.00 bits per heavy atom. The molecular formula is C18H17N3O2. The molecule has 0 radical (unpaired) electrons. The summed E-state index contributed by atoms with van der Waals surface area (Å²) in [5, 5.41) is 6.69. The topological polar surface area (TPSA) is 68.0 Å². The van der Waals surface area contributed by atoms with E-state index in [1.807, 2.05) is 60.7 Å². The highest BCUT2D eigenvalue weighted by Gasteiger charge is 2.09. The summed E-state index contributed by atoms with van der Waals surface area (Å²) in [7, 11) is 0. The van der Waals surface area contributed by atoms with E-state index in [-0.39, 0.29) is 12.5 Å². The number of aromatic nitrogens is 2. The van der Waals surface area contributed by atoms with Crippen LogP contribution in [0, 0.1) is 0 Å². The summed E-state index contributed by atoms with van der Waals surface area (Å²) in [6, 6.07) is 19.5. The Morgan fingerprint density at radius 2 is 1.70 bits per heavy atom. The number of hydrogen-bond acceptors (Lipinski definition) is 4. The van der Waals surface area contributed by atoms with Crippen molar-refractivity contribution in [3.05, 3.63) is 72.1 Å². The number of rotatable bonds is 6. The second-order valence-corrected chi connectivity index (χ2v) is 5.14. The molecule has 1 aromatic heterocycles. The number of carbonyl (C=O) groups is 1. The lowest BCUT2D eigenvalue weighted by Crippen LogP contribution is -2.23. The van der Waals surface area contributed by atoms with E-state index in [4.69, 9.17) is 4.52 Å². The predicted octanol–water partition coefficient (Wildman–Crippen LogP) is 2.99. The maximum absolute atomic E-state index is 11.9. The van der Waals surface area contributed by atoms with Crippen LogP contribution in [-0.4, -0.2) is 16.0 Å². The molecule has 23 heavy (non-hydrogen) atoms. The highest BCUT2D eigenvalue weighted by Crippen LogP contribution is 2.15. The molecule has 5 heteroatoms. The molecule has 0 saturated carbocycles. The van der Waals surface area contributed by atoms with Crippen molar-refractivity contribution in [3.8, 4) is 11.5 Å². The minimum atomic E-state index is -0.0279. The summed E-state index contributed by atoms with van der Waals surface area (Å²) in [5.74, 6) is 0.899. The van der Waals surface area contributed by atoms with E-state index in [0.717, 1.165) is 11.1 Å². The van der Waals surface area contributed by atoms with Gasteiger partial charge in [0.2, 0.25) is 5.91 Å². The zero-order chi connectivity index (χ0) is 15.9. The van der Waals surface area contributed by atoms with Crippen LogP contribution < -0.4 is 5.32 Å². The van der Waals surface area contributed by atoms with E-state index in [1.165, 1.54) is 0 Å². The van der Waals surface area contributed by atoms with Gasteiger partial charge in [-0.25, -0.2) is 0 Å². The molecule has 0 atom stereocenters. The van der Waals surface area contributed by atoms with E-state index in [2.05, 4.69) is 15.5 Å². The first-order chi connectivity index (χ1) is 11.3. The Morgan fingerprint density at radius 3 is 2.43 bits per heavy atom. The highest BCUT2D eigenvalue weighted by molar-refractivity contribution is 5.76. The molecule has 0 bridgehead atoms. The maximum atomic E-state index is 11.9. The Bertz CT molecular complexity index is 754. The van der Waals surface area contributed by atoms with Gasteiger partial charge in [0.15, 0.2) is 5.82 Å². The number of carbonyl (C=O) groups excluding carboxylic acids is 1. The van der Waals surface area contributed by atoms with E-state index in [9.17, 15) is 4.79 Å². The number of nitrogens with zero attached hydrogens (tertiary/aromatic N) is 2. The highest BCUT2D eigenvalue weighted by atomic mass is 16.5. The molecule has 1 N–H and O–H groups in total. The van der Waals surface area contributed by atoms with Gasteiger partial charge in [0.1, 0.15) is 0 Å². The van der Waals surface area contributed by atoms with E-state index < -0.39 is 0 Å². The molecule has 0 fully saturated rings. The second-order valence-electron chi connectivity index (χ2n) is 5.14. The third-order valence-corrected chi connectivity index (χ3v) is 3.42. The molecule has 1 heterocycles. The number of aryl methyl sites for hydroxylation is 1. The van der Waals surface area contributed by atoms with Gasteiger partial charge >= 0.3 is 0 Å². The molecule has 0 saturated heterocycles. The van der Waals surface area contributed by atoms with Crippen molar-refractivity contribution in [3.63, 3.8) is 0 Å². The molecule has 0 unspecified atom stereocenters. The fourth-order valence-electron chi connectivity index (χ4n) is 2.19. The average molecular weight is 307 g/mol. The molecule has 116 valence electrons. The second kappa shape index (κ2) is 7.35. The monoisotopic (exact) mass is 307 g/mol. The molecule has 2 aromatic carbocycles. The minimum absolute atomic E-state index is 0.0279. The number of hydrogen-bond donors (Lipinski definition) is 1. The first-order valence-electron chi connectivity index (χ1n) is 7.50. The van der Waals surface area contributed by atoms with Gasteiger partial charge in [0, 0.05) is 12.0 Å². The molecule has 1 amide bonds. The normalized spacial score (nSPS) is 10.4. The summed E-state index contributed by atoms with van der Waals surface area (Å²) in [5.41, 5.74) is 2.01. The largest absolute Gasteiger partial charge is 0.349 e. The predicted molar refractivity (Wildman–Crippen MR) is 86.3 cm³/mol. The van der Waals surface area contributed by atoms with Gasteiger partial charge < -0.3 is 9.84 Å². The van der Waals surface area contributed by atoms with Crippen molar-refractivity contribution in [2.24, 2.45) is 0 Å². The van der Waals surface area contributed by atoms with Crippen LogP contribution in [0.25, 0.3) is 11.5 Å². The van der Waals surface area contributed by atoms with Crippen molar-refractivity contribution in [2.45, 2.75) is 19.4 Å². The fourth-order valence-corrected chi connectivity index (χ4v) is 2.19. The van der Waals surface area contributed by atoms with Crippen LogP contribution in [0.5, 0.6) is 0 Å². The van der Waals surface area contributed by atoms with Crippen molar-refractivity contribution >= 4 is 5.91 Å². The van der Waals surface area contributed by atoms with E-state index >= 15 is 0 Å². The minimum Gasteiger partial charge on any atom is -0.349 e. The van der Waals surface area contributed by atoms with Gasteiger partial charge in [0.25, 0.3) is 5.89 Å². The molecule has 0 spiro atoms. The lowest BCUT2D eigenvalue weighted by molar-refractivity contribution is -0.121. The quantitative estimate of drug-likeness (QED) is 0.760. The number of nitrogens with one attached hydrogen (secondary N) is 1. The van der Waals surface area contributed by atoms with Gasteiger partial charge in [-0.15, -0.1) is 0 Å². The van der Waals surface area contributed by atoms with Gasteiger partial charge in [-0.3, -0.25) is 4.79 Å². The summed E-state index contributed by atoms with van der Waals surface area (Å²) in [6.07, 6.45) is 1.15. The third kappa shape index (κ3) is 4.26. The van der Waals surface area contributed by atoms with Crippen LogP contribution in [0.4, 0.5) is 0 Å². The lowest BCUT2D eigenvalue weighted by atomic mass is 10.1. The van der Waals surface area contributed by atoms with Gasteiger partial charge in [-0.2, -0.15) is 4.98 Å². The van der Waals surface area contributed by atoms with Gasteiger partial charge in [-0.05, 0) is 24.1 Å². The Hall–Kier alpha value is -2.95. The van der Waals surface area contributed by atoms with Gasteiger partial charge in [-0.1, -0.05) is 53.7 Å².